The number of rotatable bonds is 4. The molecule has 1 unspecified atom stereocenters. The molecule has 110 valence electrons. The van der Waals surface area contributed by atoms with Crippen molar-refractivity contribution in [1.82, 2.24) is 5.32 Å². The molecule has 1 atom stereocenters. The van der Waals surface area contributed by atoms with Crippen molar-refractivity contribution in [3.05, 3.63) is 55.7 Å². The molecule has 0 bridgehead atoms. The normalized spacial score (nSPS) is 13.0. The van der Waals surface area contributed by atoms with Gasteiger partial charge in [0.2, 0.25) is 0 Å². The fourth-order valence-corrected chi connectivity index (χ4v) is 5.28. The molecule has 0 aliphatic heterocycles. The van der Waals surface area contributed by atoms with Crippen molar-refractivity contribution in [3.63, 3.8) is 0 Å². The first kappa shape index (κ1) is 15.2. The van der Waals surface area contributed by atoms with Gasteiger partial charge in [-0.05, 0) is 60.7 Å². The molecule has 0 radical (unpaired) electrons. The van der Waals surface area contributed by atoms with Crippen LogP contribution in [0.2, 0.25) is 0 Å². The fourth-order valence-electron chi connectivity index (χ4n) is 2.61. The lowest BCUT2D eigenvalue weighted by atomic mass is 9.98. The maximum Gasteiger partial charge on any atom is 0.0674 e. The molecule has 3 aromatic rings. The minimum Gasteiger partial charge on any atom is -0.306 e. The van der Waals surface area contributed by atoms with Crippen molar-refractivity contribution >= 4 is 48.0 Å². The van der Waals surface area contributed by atoms with Crippen molar-refractivity contribution < 1.29 is 0 Å². The predicted molar refractivity (Wildman–Crippen MR) is 98.8 cm³/mol. The van der Waals surface area contributed by atoms with Crippen molar-refractivity contribution in [2.24, 2.45) is 0 Å². The Morgan fingerprint density at radius 1 is 1.14 bits per heavy atom. The molecule has 1 aromatic carbocycles. The van der Waals surface area contributed by atoms with Gasteiger partial charge < -0.3 is 5.32 Å². The second-order valence-electron chi connectivity index (χ2n) is 5.25. The molecule has 0 spiro atoms. The SMILES string of the molecule is CCNC(c1cc2sccc2s1)c1cc(C)c(Br)cc1C. The van der Waals surface area contributed by atoms with Gasteiger partial charge in [0.05, 0.1) is 6.04 Å². The van der Waals surface area contributed by atoms with E-state index in [1.807, 2.05) is 22.7 Å². The molecule has 4 heteroatoms. The van der Waals surface area contributed by atoms with Crippen molar-refractivity contribution in [2.75, 3.05) is 6.54 Å². The van der Waals surface area contributed by atoms with E-state index in [0.717, 1.165) is 6.54 Å². The first-order chi connectivity index (χ1) is 10.1. The topological polar surface area (TPSA) is 12.0 Å². The van der Waals surface area contributed by atoms with E-state index in [2.05, 4.69) is 71.7 Å². The highest BCUT2D eigenvalue weighted by Gasteiger charge is 2.19. The fraction of sp³-hybridized carbons (Fsp3) is 0.294. The zero-order chi connectivity index (χ0) is 15.0. The minimum atomic E-state index is 0.284. The number of aryl methyl sites for hydroxylation is 2. The zero-order valence-electron chi connectivity index (χ0n) is 12.4. The summed E-state index contributed by atoms with van der Waals surface area (Å²) in [5.41, 5.74) is 4.00. The largest absolute Gasteiger partial charge is 0.306 e. The Bertz CT molecular complexity index is 744. The monoisotopic (exact) mass is 379 g/mol. The van der Waals surface area contributed by atoms with Crippen LogP contribution in [0.25, 0.3) is 9.40 Å². The molecular formula is C17H18BrNS2. The summed E-state index contributed by atoms with van der Waals surface area (Å²) in [5, 5.41) is 5.82. The van der Waals surface area contributed by atoms with E-state index in [4.69, 9.17) is 0 Å². The van der Waals surface area contributed by atoms with Crippen molar-refractivity contribution in [3.8, 4) is 0 Å². The molecule has 3 rings (SSSR count). The van der Waals surface area contributed by atoms with E-state index in [1.54, 1.807) is 0 Å². The lowest BCUT2D eigenvalue weighted by molar-refractivity contribution is 0.636. The summed E-state index contributed by atoms with van der Waals surface area (Å²) in [5.74, 6) is 0. The Hall–Kier alpha value is -0.680. The number of nitrogens with one attached hydrogen (secondary N) is 1. The third-order valence-corrected chi connectivity index (χ3v) is 6.72. The van der Waals surface area contributed by atoms with Crippen LogP contribution < -0.4 is 5.32 Å². The number of hydrogen-bond donors (Lipinski definition) is 1. The Morgan fingerprint density at radius 3 is 2.67 bits per heavy atom. The first-order valence-electron chi connectivity index (χ1n) is 7.07. The molecule has 0 aliphatic rings. The third kappa shape index (κ3) is 2.95. The standard InChI is InChI=1S/C17H18BrNS2/c1-4-19-17(12-7-11(3)13(18)8-10(12)2)16-9-15-14(21-16)5-6-20-15/h5-9,17,19H,4H2,1-3H3. The molecule has 1 N–H and O–H groups in total. The summed E-state index contributed by atoms with van der Waals surface area (Å²) in [6.07, 6.45) is 0. The van der Waals surface area contributed by atoms with Gasteiger partial charge in [0.1, 0.15) is 0 Å². The number of halogens is 1. The highest BCUT2D eigenvalue weighted by Crippen LogP contribution is 2.37. The van der Waals surface area contributed by atoms with E-state index in [-0.39, 0.29) is 6.04 Å². The smallest absolute Gasteiger partial charge is 0.0674 e. The van der Waals surface area contributed by atoms with Gasteiger partial charge in [0.15, 0.2) is 0 Å². The Labute approximate surface area is 142 Å². The highest BCUT2D eigenvalue weighted by molar-refractivity contribution is 9.10. The van der Waals surface area contributed by atoms with Crippen LogP contribution in [-0.4, -0.2) is 6.54 Å². The lowest BCUT2D eigenvalue weighted by Crippen LogP contribution is -2.22. The van der Waals surface area contributed by atoms with Gasteiger partial charge in [-0.2, -0.15) is 0 Å². The van der Waals surface area contributed by atoms with Gasteiger partial charge >= 0.3 is 0 Å². The molecule has 0 amide bonds. The van der Waals surface area contributed by atoms with Crippen LogP contribution in [0, 0.1) is 13.8 Å². The van der Waals surface area contributed by atoms with Crippen LogP contribution in [0.15, 0.2) is 34.1 Å². The highest BCUT2D eigenvalue weighted by atomic mass is 79.9. The average molecular weight is 380 g/mol. The van der Waals surface area contributed by atoms with Gasteiger partial charge in [0.25, 0.3) is 0 Å². The summed E-state index contributed by atoms with van der Waals surface area (Å²) in [6.45, 7) is 7.48. The molecular weight excluding hydrogens is 362 g/mol. The summed E-state index contributed by atoms with van der Waals surface area (Å²) >= 11 is 7.36. The van der Waals surface area contributed by atoms with Gasteiger partial charge in [-0.15, -0.1) is 22.7 Å². The Morgan fingerprint density at radius 2 is 1.95 bits per heavy atom. The summed E-state index contributed by atoms with van der Waals surface area (Å²) in [7, 11) is 0. The van der Waals surface area contributed by atoms with E-state index < -0.39 is 0 Å². The molecule has 0 saturated heterocycles. The molecule has 21 heavy (non-hydrogen) atoms. The molecule has 0 saturated carbocycles. The van der Waals surface area contributed by atoms with Crippen molar-refractivity contribution in [1.29, 1.82) is 0 Å². The van der Waals surface area contributed by atoms with E-state index in [9.17, 15) is 0 Å². The number of hydrogen-bond acceptors (Lipinski definition) is 3. The third-order valence-electron chi connectivity index (χ3n) is 3.71. The van der Waals surface area contributed by atoms with Crippen LogP contribution in [0.1, 0.15) is 34.5 Å². The Kier molecular flexibility index (Phi) is 4.50. The van der Waals surface area contributed by atoms with Crippen LogP contribution in [0.3, 0.4) is 0 Å². The van der Waals surface area contributed by atoms with E-state index in [1.165, 1.54) is 35.4 Å². The quantitative estimate of drug-likeness (QED) is 0.582. The lowest BCUT2D eigenvalue weighted by Gasteiger charge is -2.20. The van der Waals surface area contributed by atoms with Crippen molar-refractivity contribution in [2.45, 2.75) is 26.8 Å². The predicted octanol–water partition coefficient (Wildman–Crippen LogP) is 6.04. The van der Waals surface area contributed by atoms with Gasteiger partial charge in [-0.25, -0.2) is 0 Å². The van der Waals surface area contributed by atoms with Crippen LogP contribution in [0.5, 0.6) is 0 Å². The van der Waals surface area contributed by atoms with Crippen LogP contribution >= 0.6 is 38.6 Å². The number of thiophene rings is 2. The maximum absolute atomic E-state index is 3.65. The number of benzene rings is 1. The van der Waals surface area contributed by atoms with Gasteiger partial charge in [-0.1, -0.05) is 28.9 Å². The molecule has 2 heterocycles. The average Bonchev–Trinajstić information content (AvgIpc) is 3.01. The summed E-state index contributed by atoms with van der Waals surface area (Å²) < 4.78 is 3.97. The summed E-state index contributed by atoms with van der Waals surface area (Å²) in [6, 6.07) is 9.38. The maximum atomic E-state index is 3.65. The van der Waals surface area contributed by atoms with Crippen LogP contribution in [-0.2, 0) is 0 Å². The zero-order valence-corrected chi connectivity index (χ0v) is 15.6. The van der Waals surface area contributed by atoms with E-state index in [0.29, 0.717) is 0 Å². The van der Waals surface area contributed by atoms with Crippen LogP contribution in [0.4, 0.5) is 0 Å². The Balaban J connectivity index is 2.09. The summed E-state index contributed by atoms with van der Waals surface area (Å²) in [4.78, 5) is 1.41. The molecule has 0 fully saturated rings. The second kappa shape index (κ2) is 6.21. The molecule has 2 aromatic heterocycles. The molecule has 1 nitrogen and oxygen atoms in total. The minimum absolute atomic E-state index is 0.284. The van der Waals surface area contributed by atoms with Gasteiger partial charge in [0, 0.05) is 18.7 Å². The second-order valence-corrected chi connectivity index (χ2v) is 8.16. The first-order valence-corrected chi connectivity index (χ1v) is 9.56. The molecule has 0 aliphatic carbocycles. The van der Waals surface area contributed by atoms with E-state index >= 15 is 0 Å². The number of fused-ring (bicyclic) bond motifs is 1. The van der Waals surface area contributed by atoms with Gasteiger partial charge in [-0.3, -0.25) is 0 Å².